The molecule has 1 N–H and O–H groups in total. The molecule has 6 nitrogen and oxygen atoms in total. The van der Waals surface area contributed by atoms with Crippen LogP contribution in [0.2, 0.25) is 5.02 Å². The van der Waals surface area contributed by atoms with Crippen LogP contribution in [0.15, 0.2) is 107 Å². The van der Waals surface area contributed by atoms with Crippen LogP contribution in [0.5, 0.6) is 0 Å². The molecule has 5 rings (SSSR count). The molecule has 1 amide bonds. The topological polar surface area (TPSA) is 67.2 Å². The molecule has 4 aromatic carbocycles. The molecular formula is C32H29ClN4O2S. The van der Waals surface area contributed by atoms with Gasteiger partial charge in [0, 0.05) is 28.1 Å². The average Bonchev–Trinajstić information content (AvgIpc) is 2.95. The number of nitrogens with one attached hydrogen (secondary N) is 1. The van der Waals surface area contributed by atoms with E-state index in [1.807, 2.05) is 67.6 Å². The number of fused-ring (bicyclic) bond motifs is 1. The molecule has 0 aliphatic rings. The zero-order valence-electron chi connectivity index (χ0n) is 22.5. The largest absolute Gasteiger partial charge is 0.339 e. The number of aromatic nitrogens is 2. The molecule has 0 fully saturated rings. The van der Waals surface area contributed by atoms with E-state index in [9.17, 15) is 9.59 Å². The fourth-order valence-corrected chi connectivity index (χ4v) is 5.60. The highest BCUT2D eigenvalue weighted by atomic mass is 35.5. The maximum atomic E-state index is 13.5. The molecule has 0 saturated heterocycles. The van der Waals surface area contributed by atoms with Gasteiger partial charge in [0.25, 0.3) is 5.56 Å². The van der Waals surface area contributed by atoms with E-state index in [1.54, 1.807) is 28.8 Å². The smallest absolute Gasteiger partial charge is 0.266 e. The predicted molar refractivity (Wildman–Crippen MR) is 167 cm³/mol. The highest BCUT2D eigenvalue weighted by molar-refractivity contribution is 7.99. The number of carbonyl (C=O) groups is 1. The minimum Gasteiger partial charge on any atom is -0.339 e. The Morgan fingerprint density at radius 2 is 1.60 bits per heavy atom. The molecule has 0 radical (unpaired) electrons. The molecule has 8 heteroatoms. The van der Waals surface area contributed by atoms with Gasteiger partial charge in [0.2, 0.25) is 5.91 Å². The normalized spacial score (nSPS) is 11.1. The molecular weight excluding hydrogens is 540 g/mol. The highest BCUT2D eigenvalue weighted by Gasteiger charge is 2.18. The van der Waals surface area contributed by atoms with E-state index in [1.165, 1.54) is 11.8 Å². The van der Waals surface area contributed by atoms with Gasteiger partial charge in [-0.25, -0.2) is 4.98 Å². The van der Waals surface area contributed by atoms with Crippen molar-refractivity contribution in [3.63, 3.8) is 0 Å². The molecule has 40 heavy (non-hydrogen) atoms. The lowest BCUT2D eigenvalue weighted by Gasteiger charge is -2.29. The van der Waals surface area contributed by atoms with Gasteiger partial charge < -0.3 is 10.2 Å². The molecule has 0 aliphatic carbocycles. The van der Waals surface area contributed by atoms with E-state index in [0.717, 1.165) is 16.9 Å². The Hall–Kier alpha value is -4.07. The van der Waals surface area contributed by atoms with E-state index >= 15 is 0 Å². The number of hydrogen-bond acceptors (Lipinski definition) is 5. The number of nitrogens with zero attached hydrogens (tertiary/aromatic N) is 3. The Kier molecular flexibility index (Phi) is 8.24. The third kappa shape index (κ3) is 5.76. The molecule has 0 bridgehead atoms. The lowest BCUT2D eigenvalue weighted by Crippen LogP contribution is -2.25. The molecule has 0 saturated carbocycles. The first-order valence-corrected chi connectivity index (χ1v) is 14.3. The molecule has 202 valence electrons. The van der Waals surface area contributed by atoms with E-state index in [4.69, 9.17) is 16.6 Å². The van der Waals surface area contributed by atoms with Crippen LogP contribution < -0.4 is 15.8 Å². The zero-order valence-corrected chi connectivity index (χ0v) is 24.0. The van der Waals surface area contributed by atoms with Gasteiger partial charge in [-0.15, -0.1) is 0 Å². The van der Waals surface area contributed by atoms with Gasteiger partial charge in [-0.3, -0.25) is 14.2 Å². The van der Waals surface area contributed by atoms with Crippen molar-refractivity contribution in [1.82, 2.24) is 9.55 Å². The molecule has 0 spiro atoms. The Labute approximate surface area is 242 Å². The maximum Gasteiger partial charge on any atom is 0.266 e. The first-order chi connectivity index (χ1) is 19.3. The second-order valence-corrected chi connectivity index (χ2v) is 11.0. The number of thioether (sulfide) groups is 1. The van der Waals surface area contributed by atoms with Gasteiger partial charge in [-0.1, -0.05) is 59.8 Å². The molecule has 0 aliphatic heterocycles. The number of amides is 1. The summed E-state index contributed by atoms with van der Waals surface area (Å²) in [5.41, 5.74) is 4.62. The van der Waals surface area contributed by atoms with Crippen molar-refractivity contribution in [3.05, 3.63) is 118 Å². The summed E-state index contributed by atoms with van der Waals surface area (Å²) in [7, 11) is 0. The molecule has 1 heterocycles. The van der Waals surface area contributed by atoms with E-state index in [-0.39, 0.29) is 23.3 Å². The van der Waals surface area contributed by atoms with Crippen LogP contribution in [0.25, 0.3) is 16.6 Å². The molecule has 0 unspecified atom stereocenters. The van der Waals surface area contributed by atoms with Gasteiger partial charge in [0.05, 0.1) is 22.3 Å². The number of para-hydroxylation sites is 2. The SMILES string of the molecule is Cc1c(Cl)cccc1-n1c(SCC(=O)Nc2ccc(N(c3ccccc3)C(C)C)cc2)nc2ccccc2c1=O. The number of benzene rings is 4. The van der Waals surface area contributed by atoms with E-state index < -0.39 is 0 Å². The Morgan fingerprint density at radius 3 is 2.33 bits per heavy atom. The van der Waals surface area contributed by atoms with Crippen LogP contribution in [-0.4, -0.2) is 27.3 Å². The van der Waals surface area contributed by atoms with Gasteiger partial charge in [0.15, 0.2) is 5.16 Å². The predicted octanol–water partition coefficient (Wildman–Crippen LogP) is 7.62. The number of halogens is 1. The van der Waals surface area contributed by atoms with Crippen molar-refractivity contribution in [2.75, 3.05) is 16.0 Å². The van der Waals surface area contributed by atoms with E-state index in [0.29, 0.717) is 32.5 Å². The van der Waals surface area contributed by atoms with Crippen LogP contribution in [0, 0.1) is 6.92 Å². The Bertz CT molecular complexity index is 1720. The number of hydrogen-bond donors (Lipinski definition) is 1. The van der Waals surface area contributed by atoms with Crippen molar-refractivity contribution in [2.24, 2.45) is 0 Å². The summed E-state index contributed by atoms with van der Waals surface area (Å²) in [6.45, 7) is 6.15. The second-order valence-electron chi connectivity index (χ2n) is 9.62. The minimum atomic E-state index is -0.206. The summed E-state index contributed by atoms with van der Waals surface area (Å²) in [6.07, 6.45) is 0. The van der Waals surface area contributed by atoms with Crippen LogP contribution in [0.3, 0.4) is 0 Å². The van der Waals surface area contributed by atoms with Crippen molar-refractivity contribution in [1.29, 1.82) is 0 Å². The Balaban J connectivity index is 1.36. The number of anilines is 3. The summed E-state index contributed by atoms with van der Waals surface area (Å²) < 4.78 is 1.54. The summed E-state index contributed by atoms with van der Waals surface area (Å²) in [4.78, 5) is 33.5. The van der Waals surface area contributed by atoms with Gasteiger partial charge in [0.1, 0.15) is 0 Å². The van der Waals surface area contributed by atoms with Gasteiger partial charge in [-0.05, 0) is 87.0 Å². The van der Waals surface area contributed by atoms with Crippen molar-refractivity contribution >= 4 is 57.2 Å². The summed E-state index contributed by atoms with van der Waals surface area (Å²) in [5, 5.41) is 4.45. The third-order valence-electron chi connectivity index (χ3n) is 6.54. The van der Waals surface area contributed by atoms with Crippen molar-refractivity contribution in [2.45, 2.75) is 32.0 Å². The van der Waals surface area contributed by atoms with Crippen LogP contribution in [0.1, 0.15) is 19.4 Å². The van der Waals surface area contributed by atoms with Crippen molar-refractivity contribution in [3.8, 4) is 5.69 Å². The summed E-state index contributed by atoms with van der Waals surface area (Å²) in [5.74, 6) is -0.118. The zero-order chi connectivity index (χ0) is 28.2. The second kappa shape index (κ2) is 12.0. The molecule has 0 atom stereocenters. The standard InChI is InChI=1S/C32H29ClN4O2S/c1-21(2)36(24-10-5-4-6-11-24)25-18-16-23(17-19-25)34-30(38)20-40-32-35-28-14-8-7-12-26(28)31(39)37(32)29-15-9-13-27(33)22(29)3/h4-19,21H,20H2,1-3H3,(H,34,38). The van der Waals surface area contributed by atoms with Crippen molar-refractivity contribution < 1.29 is 4.79 Å². The summed E-state index contributed by atoms with van der Waals surface area (Å²) in [6, 6.07) is 30.9. The van der Waals surface area contributed by atoms with Gasteiger partial charge in [-0.2, -0.15) is 0 Å². The quantitative estimate of drug-likeness (QED) is 0.154. The minimum absolute atomic E-state index is 0.0777. The summed E-state index contributed by atoms with van der Waals surface area (Å²) >= 11 is 7.59. The van der Waals surface area contributed by atoms with Crippen LogP contribution in [-0.2, 0) is 4.79 Å². The first-order valence-electron chi connectivity index (χ1n) is 13.0. The average molecular weight is 569 g/mol. The fraction of sp³-hybridized carbons (Fsp3) is 0.156. The monoisotopic (exact) mass is 568 g/mol. The first kappa shape index (κ1) is 27.5. The molecule has 1 aromatic heterocycles. The lowest BCUT2D eigenvalue weighted by atomic mass is 10.2. The Morgan fingerprint density at radius 1 is 0.925 bits per heavy atom. The number of carbonyl (C=O) groups excluding carboxylic acids is 1. The third-order valence-corrected chi connectivity index (χ3v) is 7.89. The molecule has 5 aromatic rings. The van der Waals surface area contributed by atoms with Crippen LogP contribution >= 0.6 is 23.4 Å². The number of rotatable bonds is 8. The van der Waals surface area contributed by atoms with Crippen LogP contribution in [0.4, 0.5) is 17.1 Å². The maximum absolute atomic E-state index is 13.5. The fourth-order valence-electron chi connectivity index (χ4n) is 4.63. The van der Waals surface area contributed by atoms with E-state index in [2.05, 4.69) is 36.2 Å². The highest BCUT2D eigenvalue weighted by Crippen LogP contribution is 2.29. The lowest BCUT2D eigenvalue weighted by molar-refractivity contribution is -0.113. The van der Waals surface area contributed by atoms with Gasteiger partial charge >= 0.3 is 0 Å².